The molecule has 21 heavy (non-hydrogen) atoms. The number of nitrogens with zero attached hydrogens (tertiary/aromatic N) is 2. The van der Waals surface area contributed by atoms with Gasteiger partial charge in [-0.2, -0.15) is 0 Å². The van der Waals surface area contributed by atoms with Crippen LogP contribution in [0, 0.1) is 16.0 Å². The van der Waals surface area contributed by atoms with Crippen molar-refractivity contribution in [3.8, 4) is 0 Å². The van der Waals surface area contributed by atoms with Crippen LogP contribution in [0.25, 0.3) is 0 Å². The number of hydrogen-bond acceptors (Lipinski definition) is 6. The summed E-state index contributed by atoms with van der Waals surface area (Å²) in [6, 6.07) is 2.91. The van der Waals surface area contributed by atoms with Gasteiger partial charge in [0.25, 0.3) is 5.69 Å². The highest BCUT2D eigenvalue weighted by molar-refractivity contribution is 5.72. The Bertz CT molecular complexity index is 483. The van der Waals surface area contributed by atoms with Crippen molar-refractivity contribution in [2.24, 2.45) is 5.92 Å². The average Bonchev–Trinajstić information content (AvgIpc) is 2.52. The number of carbonyl (C=O) groups is 1. The normalized spacial score (nSPS) is 15.4. The maximum Gasteiger partial charge on any atom is 0.308 e. The summed E-state index contributed by atoms with van der Waals surface area (Å²) in [5.41, 5.74) is -0.0516. The van der Waals surface area contributed by atoms with Crippen LogP contribution in [0.5, 0.6) is 0 Å². The van der Waals surface area contributed by atoms with E-state index in [1.165, 1.54) is 24.8 Å². The van der Waals surface area contributed by atoms with E-state index in [1.807, 2.05) is 0 Å². The molecule has 0 unspecified atom stereocenters. The van der Waals surface area contributed by atoms with Gasteiger partial charge in [-0.15, -0.1) is 0 Å². The number of esters is 1. The molecule has 1 aliphatic rings. The van der Waals surface area contributed by atoms with Crippen LogP contribution in [0.2, 0.25) is 0 Å². The molecule has 1 N–H and O–H groups in total. The molecule has 1 saturated carbocycles. The summed E-state index contributed by atoms with van der Waals surface area (Å²) in [6.45, 7) is 0.706. The monoisotopic (exact) mass is 293 g/mol. The third-order valence-corrected chi connectivity index (χ3v) is 3.55. The van der Waals surface area contributed by atoms with Crippen molar-refractivity contribution in [1.29, 1.82) is 0 Å². The van der Waals surface area contributed by atoms with Crippen LogP contribution in [-0.4, -0.2) is 29.0 Å². The predicted octanol–water partition coefficient (Wildman–Crippen LogP) is 2.53. The molecule has 1 aromatic rings. The van der Waals surface area contributed by atoms with Crippen molar-refractivity contribution in [1.82, 2.24) is 4.98 Å². The van der Waals surface area contributed by atoms with Gasteiger partial charge in [-0.1, -0.05) is 19.3 Å². The lowest BCUT2D eigenvalue weighted by Crippen LogP contribution is -2.23. The molecular weight excluding hydrogens is 274 g/mol. The van der Waals surface area contributed by atoms with Crippen molar-refractivity contribution >= 4 is 17.5 Å². The number of anilines is 1. The Morgan fingerprint density at radius 2 is 2.14 bits per heavy atom. The third kappa shape index (κ3) is 4.70. The van der Waals surface area contributed by atoms with Crippen molar-refractivity contribution < 1.29 is 14.5 Å². The average molecular weight is 293 g/mol. The van der Waals surface area contributed by atoms with E-state index in [-0.39, 0.29) is 24.2 Å². The Morgan fingerprint density at radius 3 is 2.76 bits per heavy atom. The van der Waals surface area contributed by atoms with Crippen LogP contribution in [-0.2, 0) is 9.53 Å². The van der Waals surface area contributed by atoms with Gasteiger partial charge >= 0.3 is 5.97 Å². The first-order valence-electron chi connectivity index (χ1n) is 7.18. The van der Waals surface area contributed by atoms with E-state index in [0.717, 1.165) is 25.7 Å². The molecule has 7 heteroatoms. The second-order valence-corrected chi connectivity index (χ2v) is 5.09. The SMILES string of the molecule is O=C(OCCNc1ccc([N+](=O)[O-])cn1)C1CCCCC1. The Labute approximate surface area is 122 Å². The van der Waals surface area contributed by atoms with E-state index in [0.29, 0.717) is 12.4 Å². The van der Waals surface area contributed by atoms with Crippen molar-refractivity contribution in [3.05, 3.63) is 28.4 Å². The van der Waals surface area contributed by atoms with E-state index >= 15 is 0 Å². The van der Waals surface area contributed by atoms with Gasteiger partial charge in [0.15, 0.2) is 0 Å². The zero-order valence-corrected chi connectivity index (χ0v) is 11.8. The minimum absolute atomic E-state index is 0.0516. The molecule has 1 heterocycles. The first kappa shape index (κ1) is 15.2. The maximum absolute atomic E-state index is 11.8. The van der Waals surface area contributed by atoms with Crippen molar-refractivity contribution in [2.45, 2.75) is 32.1 Å². The number of aromatic nitrogens is 1. The summed E-state index contributed by atoms with van der Waals surface area (Å²) >= 11 is 0. The first-order chi connectivity index (χ1) is 10.2. The first-order valence-corrected chi connectivity index (χ1v) is 7.18. The van der Waals surface area contributed by atoms with Gasteiger partial charge in [0.05, 0.1) is 17.4 Å². The van der Waals surface area contributed by atoms with E-state index in [2.05, 4.69) is 10.3 Å². The van der Waals surface area contributed by atoms with Gasteiger partial charge in [0, 0.05) is 6.07 Å². The summed E-state index contributed by atoms with van der Waals surface area (Å²) < 4.78 is 5.23. The number of hydrogen-bond donors (Lipinski definition) is 1. The Morgan fingerprint density at radius 1 is 1.38 bits per heavy atom. The molecule has 0 bridgehead atoms. The molecule has 2 rings (SSSR count). The minimum Gasteiger partial charge on any atom is -0.464 e. The Hall–Kier alpha value is -2.18. The molecule has 1 fully saturated rings. The minimum atomic E-state index is -0.497. The highest BCUT2D eigenvalue weighted by Crippen LogP contribution is 2.24. The van der Waals surface area contributed by atoms with Crippen molar-refractivity contribution in [3.63, 3.8) is 0 Å². The third-order valence-electron chi connectivity index (χ3n) is 3.55. The van der Waals surface area contributed by atoms with Crippen molar-refractivity contribution in [2.75, 3.05) is 18.5 Å². The highest BCUT2D eigenvalue weighted by Gasteiger charge is 2.22. The molecule has 0 radical (unpaired) electrons. The van der Waals surface area contributed by atoms with Crippen LogP contribution in [0.1, 0.15) is 32.1 Å². The molecule has 1 aromatic heterocycles. The van der Waals surface area contributed by atoms with Crippen LogP contribution in [0.4, 0.5) is 11.5 Å². The summed E-state index contributed by atoms with van der Waals surface area (Å²) in [6.07, 6.45) is 6.45. The second kappa shape index (κ2) is 7.56. The molecule has 0 atom stereocenters. The summed E-state index contributed by atoms with van der Waals surface area (Å²) in [5, 5.41) is 13.4. The molecule has 0 amide bonds. The fourth-order valence-corrected chi connectivity index (χ4v) is 2.39. The number of rotatable bonds is 6. The van der Waals surface area contributed by atoms with Gasteiger partial charge in [-0.05, 0) is 18.9 Å². The summed E-state index contributed by atoms with van der Waals surface area (Å²) in [7, 11) is 0. The highest BCUT2D eigenvalue weighted by atomic mass is 16.6. The number of pyridine rings is 1. The quantitative estimate of drug-likeness (QED) is 0.375. The van der Waals surface area contributed by atoms with E-state index < -0.39 is 4.92 Å². The van der Waals surface area contributed by atoms with Gasteiger partial charge in [0.1, 0.15) is 18.6 Å². The molecule has 1 aliphatic carbocycles. The lowest BCUT2D eigenvalue weighted by molar-refractivity contribution is -0.385. The number of carbonyl (C=O) groups excluding carboxylic acids is 1. The molecule has 0 spiro atoms. The van der Waals surface area contributed by atoms with Crippen LogP contribution in [0.15, 0.2) is 18.3 Å². The number of nitrogens with one attached hydrogen (secondary N) is 1. The van der Waals surface area contributed by atoms with E-state index in [9.17, 15) is 14.9 Å². The molecule has 114 valence electrons. The Kier molecular flexibility index (Phi) is 5.48. The second-order valence-electron chi connectivity index (χ2n) is 5.09. The molecule has 0 aliphatic heterocycles. The largest absolute Gasteiger partial charge is 0.464 e. The zero-order valence-electron chi connectivity index (χ0n) is 11.8. The molecule has 0 aromatic carbocycles. The molecule has 0 saturated heterocycles. The number of ether oxygens (including phenoxy) is 1. The fraction of sp³-hybridized carbons (Fsp3) is 0.571. The van der Waals surface area contributed by atoms with Crippen LogP contribution >= 0.6 is 0 Å². The van der Waals surface area contributed by atoms with E-state index in [1.54, 1.807) is 0 Å². The molecular formula is C14H19N3O4. The van der Waals surface area contributed by atoms with Gasteiger partial charge in [-0.25, -0.2) is 4.98 Å². The summed E-state index contributed by atoms with van der Waals surface area (Å²) in [4.78, 5) is 25.7. The van der Waals surface area contributed by atoms with E-state index in [4.69, 9.17) is 4.74 Å². The standard InChI is InChI=1S/C14H19N3O4/c18-14(11-4-2-1-3-5-11)21-9-8-15-13-7-6-12(10-16-13)17(19)20/h6-7,10-11H,1-5,8-9H2,(H,15,16). The smallest absolute Gasteiger partial charge is 0.308 e. The van der Waals surface area contributed by atoms with Crippen LogP contribution in [0.3, 0.4) is 0 Å². The predicted molar refractivity (Wildman–Crippen MR) is 76.9 cm³/mol. The van der Waals surface area contributed by atoms with Gasteiger partial charge < -0.3 is 10.1 Å². The zero-order chi connectivity index (χ0) is 15.1. The number of nitro groups is 1. The van der Waals surface area contributed by atoms with Gasteiger partial charge in [0.2, 0.25) is 0 Å². The lowest BCUT2D eigenvalue weighted by Gasteiger charge is -2.19. The van der Waals surface area contributed by atoms with Gasteiger partial charge in [-0.3, -0.25) is 14.9 Å². The molecule has 7 nitrogen and oxygen atoms in total. The maximum atomic E-state index is 11.8. The summed E-state index contributed by atoms with van der Waals surface area (Å²) in [5.74, 6) is 0.457. The fourth-order valence-electron chi connectivity index (χ4n) is 2.39. The topological polar surface area (TPSA) is 94.4 Å². The van der Waals surface area contributed by atoms with Crippen LogP contribution < -0.4 is 5.32 Å². The lowest BCUT2D eigenvalue weighted by atomic mass is 9.89. The Balaban J connectivity index is 1.67.